The Morgan fingerprint density at radius 1 is 1.11 bits per heavy atom. The van der Waals surface area contributed by atoms with Crippen molar-refractivity contribution in [3.05, 3.63) is 76.2 Å². The van der Waals surface area contributed by atoms with E-state index in [1.54, 1.807) is 0 Å². The van der Waals surface area contributed by atoms with Gasteiger partial charge in [-0.2, -0.15) is 0 Å². The Morgan fingerprint density at radius 2 is 1.81 bits per heavy atom. The van der Waals surface area contributed by atoms with Gasteiger partial charge in [-0.25, -0.2) is 0 Å². The van der Waals surface area contributed by atoms with Crippen molar-refractivity contribution < 1.29 is 19.6 Å². The first kappa shape index (κ1) is 18.6. The van der Waals surface area contributed by atoms with Crippen LogP contribution in [0.1, 0.15) is 17.6 Å². The Labute approximate surface area is 154 Å². The molecule has 0 bridgehead atoms. The van der Waals surface area contributed by atoms with Crippen LogP contribution in [0.25, 0.3) is 11.5 Å². The Balaban J connectivity index is 1.63. The second-order valence-corrected chi connectivity index (χ2v) is 5.83. The number of aliphatic hydroxyl groups is 2. The Bertz CT molecular complexity index is 882. The summed E-state index contributed by atoms with van der Waals surface area (Å²) in [6, 6.07) is 14.1. The standard InChI is InChI=1S/C18H18N4O5/c23-11-15(17(24)12-6-8-14(9-7-12)22(25)26)19-10-16-20-21-18(27-16)13-4-2-1-3-5-13/h1-9,15,17,19,23-24H,10-11H2. The van der Waals surface area contributed by atoms with Crippen molar-refractivity contribution in [1.29, 1.82) is 0 Å². The van der Waals surface area contributed by atoms with E-state index in [4.69, 9.17) is 4.42 Å². The van der Waals surface area contributed by atoms with Gasteiger partial charge >= 0.3 is 0 Å². The van der Waals surface area contributed by atoms with E-state index in [1.165, 1.54) is 24.3 Å². The number of nitrogens with zero attached hydrogens (tertiary/aromatic N) is 3. The number of aromatic nitrogens is 2. The van der Waals surface area contributed by atoms with Crippen molar-refractivity contribution in [2.45, 2.75) is 18.7 Å². The quantitative estimate of drug-likeness (QED) is 0.404. The van der Waals surface area contributed by atoms with E-state index in [9.17, 15) is 20.3 Å². The van der Waals surface area contributed by atoms with Crippen LogP contribution in [0.3, 0.4) is 0 Å². The lowest BCUT2D eigenvalue weighted by molar-refractivity contribution is -0.384. The lowest BCUT2D eigenvalue weighted by Crippen LogP contribution is -2.37. The minimum atomic E-state index is -1.06. The molecular formula is C18H18N4O5. The maximum absolute atomic E-state index is 10.7. The van der Waals surface area contributed by atoms with Crippen LogP contribution < -0.4 is 5.32 Å². The van der Waals surface area contributed by atoms with E-state index < -0.39 is 17.1 Å². The molecule has 9 nitrogen and oxygen atoms in total. The summed E-state index contributed by atoms with van der Waals surface area (Å²) in [5.74, 6) is 0.687. The minimum Gasteiger partial charge on any atom is -0.419 e. The van der Waals surface area contributed by atoms with Crippen LogP contribution in [-0.2, 0) is 6.54 Å². The Kier molecular flexibility index (Phi) is 5.87. The Morgan fingerprint density at radius 3 is 2.44 bits per heavy atom. The fourth-order valence-electron chi connectivity index (χ4n) is 2.54. The summed E-state index contributed by atoms with van der Waals surface area (Å²) < 4.78 is 5.57. The lowest BCUT2D eigenvalue weighted by atomic mass is 10.0. The van der Waals surface area contributed by atoms with Crippen LogP contribution in [-0.4, -0.2) is 38.0 Å². The van der Waals surface area contributed by atoms with Gasteiger partial charge in [-0.3, -0.25) is 10.1 Å². The highest BCUT2D eigenvalue weighted by Gasteiger charge is 2.21. The first-order chi connectivity index (χ1) is 13.1. The molecule has 3 rings (SSSR count). The molecule has 3 aromatic rings. The summed E-state index contributed by atoms with van der Waals surface area (Å²) >= 11 is 0. The smallest absolute Gasteiger partial charge is 0.269 e. The average molecular weight is 370 g/mol. The molecule has 0 saturated carbocycles. The van der Waals surface area contributed by atoms with E-state index in [1.807, 2.05) is 30.3 Å². The van der Waals surface area contributed by atoms with Crippen molar-refractivity contribution in [2.75, 3.05) is 6.61 Å². The van der Waals surface area contributed by atoms with Crippen molar-refractivity contribution >= 4 is 5.69 Å². The maximum Gasteiger partial charge on any atom is 0.269 e. The summed E-state index contributed by atoms with van der Waals surface area (Å²) in [5, 5.41) is 41.6. The van der Waals surface area contributed by atoms with Crippen molar-refractivity contribution in [1.82, 2.24) is 15.5 Å². The van der Waals surface area contributed by atoms with Gasteiger partial charge in [-0.15, -0.1) is 10.2 Å². The number of benzene rings is 2. The van der Waals surface area contributed by atoms with Crippen LogP contribution in [0.4, 0.5) is 5.69 Å². The highest BCUT2D eigenvalue weighted by molar-refractivity contribution is 5.51. The average Bonchev–Trinajstić information content (AvgIpc) is 3.18. The third-order valence-electron chi connectivity index (χ3n) is 4.03. The van der Waals surface area contributed by atoms with Crippen molar-refractivity contribution in [3.63, 3.8) is 0 Å². The number of aliphatic hydroxyl groups excluding tert-OH is 2. The van der Waals surface area contributed by atoms with E-state index in [0.29, 0.717) is 17.3 Å². The number of non-ortho nitro benzene ring substituents is 1. The maximum atomic E-state index is 10.7. The van der Waals surface area contributed by atoms with E-state index >= 15 is 0 Å². The molecule has 140 valence electrons. The minimum absolute atomic E-state index is 0.0706. The fraction of sp³-hybridized carbons (Fsp3) is 0.222. The predicted molar refractivity (Wildman–Crippen MR) is 95.5 cm³/mol. The normalized spacial score (nSPS) is 13.3. The third-order valence-corrected chi connectivity index (χ3v) is 4.03. The molecule has 9 heteroatoms. The lowest BCUT2D eigenvalue weighted by Gasteiger charge is -2.21. The molecule has 2 atom stereocenters. The highest BCUT2D eigenvalue weighted by atomic mass is 16.6. The molecule has 3 N–H and O–H groups in total. The van der Waals surface area contributed by atoms with Gasteiger partial charge in [0.05, 0.1) is 30.2 Å². The number of rotatable bonds is 8. The number of nitro benzene ring substituents is 1. The summed E-state index contributed by atoms with van der Waals surface area (Å²) in [6.07, 6.45) is -1.06. The predicted octanol–water partition coefficient (Wildman–Crippen LogP) is 1.83. The molecule has 27 heavy (non-hydrogen) atoms. The second-order valence-electron chi connectivity index (χ2n) is 5.83. The van der Waals surface area contributed by atoms with Gasteiger partial charge in [0.1, 0.15) is 0 Å². The van der Waals surface area contributed by atoms with E-state index in [2.05, 4.69) is 15.5 Å². The van der Waals surface area contributed by atoms with Crippen LogP contribution in [0.15, 0.2) is 59.0 Å². The zero-order chi connectivity index (χ0) is 19.2. The van der Waals surface area contributed by atoms with Gasteiger partial charge in [0.15, 0.2) is 0 Å². The summed E-state index contributed by atoms with van der Waals surface area (Å²) in [5.41, 5.74) is 1.17. The highest BCUT2D eigenvalue weighted by Crippen LogP contribution is 2.21. The number of nitrogens with one attached hydrogen (secondary N) is 1. The summed E-state index contributed by atoms with van der Waals surface area (Å²) in [7, 11) is 0. The van der Waals surface area contributed by atoms with Gasteiger partial charge in [-0.1, -0.05) is 18.2 Å². The number of nitro groups is 1. The largest absolute Gasteiger partial charge is 0.419 e. The summed E-state index contributed by atoms with van der Waals surface area (Å²) in [4.78, 5) is 10.2. The summed E-state index contributed by atoms with van der Waals surface area (Å²) in [6.45, 7) is -0.201. The molecule has 2 unspecified atom stereocenters. The SMILES string of the molecule is O=[N+]([O-])c1ccc(C(O)C(CO)NCc2nnc(-c3ccccc3)o2)cc1. The first-order valence-electron chi connectivity index (χ1n) is 8.23. The van der Waals surface area contributed by atoms with Crippen molar-refractivity contribution in [3.8, 4) is 11.5 Å². The van der Waals surface area contributed by atoms with Gasteiger partial charge in [0.2, 0.25) is 11.8 Å². The van der Waals surface area contributed by atoms with Gasteiger partial charge in [0.25, 0.3) is 5.69 Å². The zero-order valence-corrected chi connectivity index (χ0v) is 14.2. The second kappa shape index (κ2) is 8.49. The first-order valence-corrected chi connectivity index (χ1v) is 8.23. The van der Waals surface area contributed by atoms with Gasteiger partial charge in [0, 0.05) is 17.7 Å². The molecule has 0 aliphatic rings. The van der Waals surface area contributed by atoms with E-state index in [0.717, 1.165) is 5.56 Å². The topological polar surface area (TPSA) is 135 Å². The molecule has 2 aromatic carbocycles. The zero-order valence-electron chi connectivity index (χ0n) is 14.2. The fourth-order valence-corrected chi connectivity index (χ4v) is 2.54. The molecule has 0 fully saturated rings. The monoisotopic (exact) mass is 370 g/mol. The van der Waals surface area contributed by atoms with Crippen LogP contribution in [0, 0.1) is 10.1 Å². The van der Waals surface area contributed by atoms with E-state index in [-0.39, 0.29) is 18.8 Å². The van der Waals surface area contributed by atoms with Crippen LogP contribution in [0.2, 0.25) is 0 Å². The molecule has 0 amide bonds. The molecule has 1 aromatic heterocycles. The third kappa shape index (κ3) is 4.53. The Hall–Kier alpha value is -3.14. The van der Waals surface area contributed by atoms with Crippen molar-refractivity contribution in [2.24, 2.45) is 0 Å². The van der Waals surface area contributed by atoms with Gasteiger partial charge in [-0.05, 0) is 29.8 Å². The van der Waals surface area contributed by atoms with Gasteiger partial charge < -0.3 is 19.9 Å². The molecule has 1 heterocycles. The van der Waals surface area contributed by atoms with Crippen LogP contribution in [0.5, 0.6) is 0 Å². The molecular weight excluding hydrogens is 352 g/mol. The molecule has 0 aliphatic carbocycles. The molecule has 0 saturated heterocycles. The number of hydrogen-bond acceptors (Lipinski definition) is 8. The molecule has 0 radical (unpaired) electrons. The van der Waals surface area contributed by atoms with Crippen LogP contribution >= 0.6 is 0 Å². The molecule has 0 spiro atoms. The molecule has 0 aliphatic heterocycles. The number of hydrogen-bond donors (Lipinski definition) is 3.